The van der Waals surface area contributed by atoms with Gasteiger partial charge in [-0.15, -0.1) is 0 Å². The van der Waals surface area contributed by atoms with Crippen LogP contribution < -0.4 is 9.47 Å². The van der Waals surface area contributed by atoms with Crippen LogP contribution in [-0.2, 0) is 0 Å². The summed E-state index contributed by atoms with van der Waals surface area (Å²) in [6.07, 6.45) is 1.87. The topological polar surface area (TPSA) is 31.4 Å². The van der Waals surface area contributed by atoms with E-state index in [4.69, 9.17) is 9.47 Å². The summed E-state index contributed by atoms with van der Waals surface area (Å²) in [7, 11) is 0. The van der Waals surface area contributed by atoms with Crippen LogP contribution in [0.2, 0.25) is 0 Å². The molecule has 0 saturated heterocycles. The number of para-hydroxylation sites is 1. The van der Waals surface area contributed by atoms with E-state index in [1.807, 2.05) is 36.5 Å². The van der Waals surface area contributed by atoms with Crippen LogP contribution in [0.3, 0.4) is 0 Å². The molecule has 3 heteroatoms. The van der Waals surface area contributed by atoms with Gasteiger partial charge < -0.3 is 9.47 Å². The van der Waals surface area contributed by atoms with Crippen LogP contribution in [0.1, 0.15) is 0 Å². The molecule has 2 aromatic carbocycles. The number of fused-ring (bicyclic) bond motifs is 5. The molecular weight excluding hydrogens is 214 g/mol. The van der Waals surface area contributed by atoms with Crippen molar-refractivity contribution in [2.45, 2.75) is 0 Å². The average Bonchev–Trinajstić information content (AvgIpc) is 2.86. The summed E-state index contributed by atoms with van der Waals surface area (Å²) in [6.45, 7) is 0.297. The van der Waals surface area contributed by atoms with E-state index in [0.29, 0.717) is 6.79 Å². The zero-order valence-electron chi connectivity index (χ0n) is 9.01. The fraction of sp³-hybridized carbons (Fsp3) is 0.0714. The largest absolute Gasteiger partial charge is 0.454 e. The summed E-state index contributed by atoms with van der Waals surface area (Å²) in [6, 6.07) is 12.0. The van der Waals surface area contributed by atoms with Gasteiger partial charge >= 0.3 is 0 Å². The highest BCUT2D eigenvalue weighted by atomic mass is 16.7. The van der Waals surface area contributed by atoms with Gasteiger partial charge in [-0.3, -0.25) is 4.98 Å². The van der Waals surface area contributed by atoms with Crippen molar-refractivity contribution in [3.8, 4) is 11.5 Å². The summed E-state index contributed by atoms with van der Waals surface area (Å²) >= 11 is 0. The Labute approximate surface area is 97.6 Å². The number of ether oxygens (including phenoxy) is 2. The number of benzene rings is 2. The molecule has 0 spiro atoms. The summed E-state index contributed by atoms with van der Waals surface area (Å²) in [4.78, 5) is 4.44. The molecule has 3 nitrogen and oxygen atoms in total. The van der Waals surface area contributed by atoms with Gasteiger partial charge in [0.25, 0.3) is 0 Å². The van der Waals surface area contributed by atoms with Gasteiger partial charge in [0, 0.05) is 22.4 Å². The molecular formula is C14H9NO2. The summed E-state index contributed by atoms with van der Waals surface area (Å²) in [5.74, 6) is 1.65. The van der Waals surface area contributed by atoms with Crippen LogP contribution in [0, 0.1) is 0 Å². The Morgan fingerprint density at radius 3 is 2.94 bits per heavy atom. The minimum Gasteiger partial charge on any atom is -0.454 e. The maximum absolute atomic E-state index is 5.57. The quantitative estimate of drug-likeness (QED) is 0.549. The minimum absolute atomic E-state index is 0.297. The number of aromatic nitrogens is 1. The molecule has 4 rings (SSSR count). The summed E-state index contributed by atoms with van der Waals surface area (Å²) in [5.41, 5.74) is 0.976. The molecule has 0 N–H and O–H groups in total. The summed E-state index contributed by atoms with van der Waals surface area (Å²) < 4.78 is 11.0. The first kappa shape index (κ1) is 8.82. The molecule has 82 valence electrons. The van der Waals surface area contributed by atoms with Crippen molar-refractivity contribution >= 4 is 21.7 Å². The molecule has 3 aromatic rings. The second-order valence-electron chi connectivity index (χ2n) is 4.04. The zero-order chi connectivity index (χ0) is 11.2. The van der Waals surface area contributed by atoms with Crippen molar-refractivity contribution in [1.29, 1.82) is 0 Å². The molecule has 0 aliphatic carbocycles. The average molecular weight is 223 g/mol. The molecule has 0 unspecified atom stereocenters. The first-order chi connectivity index (χ1) is 8.43. The lowest BCUT2D eigenvalue weighted by Crippen LogP contribution is -1.93. The Morgan fingerprint density at radius 2 is 1.94 bits per heavy atom. The van der Waals surface area contributed by atoms with E-state index >= 15 is 0 Å². The molecule has 0 fully saturated rings. The third kappa shape index (κ3) is 1.13. The van der Waals surface area contributed by atoms with Crippen molar-refractivity contribution in [3.63, 3.8) is 0 Å². The Bertz CT molecular complexity index is 737. The van der Waals surface area contributed by atoms with E-state index in [2.05, 4.69) is 11.1 Å². The fourth-order valence-corrected chi connectivity index (χ4v) is 2.31. The molecule has 1 aromatic heterocycles. The molecule has 0 saturated carbocycles. The van der Waals surface area contributed by atoms with Crippen LogP contribution >= 0.6 is 0 Å². The first-order valence-corrected chi connectivity index (χ1v) is 5.49. The van der Waals surface area contributed by atoms with Gasteiger partial charge in [-0.1, -0.05) is 18.2 Å². The lowest BCUT2D eigenvalue weighted by Gasteiger charge is -2.05. The molecule has 1 aliphatic heterocycles. The monoisotopic (exact) mass is 223 g/mol. The maximum atomic E-state index is 5.57. The lowest BCUT2D eigenvalue weighted by molar-refractivity contribution is 0.175. The van der Waals surface area contributed by atoms with E-state index in [1.54, 1.807) is 0 Å². The van der Waals surface area contributed by atoms with Crippen molar-refractivity contribution in [2.24, 2.45) is 0 Å². The number of hydrogen-bond acceptors (Lipinski definition) is 3. The second-order valence-corrected chi connectivity index (χ2v) is 4.04. The molecule has 1 aliphatic rings. The Morgan fingerprint density at radius 1 is 1.00 bits per heavy atom. The van der Waals surface area contributed by atoms with Gasteiger partial charge in [-0.2, -0.15) is 0 Å². The van der Waals surface area contributed by atoms with Crippen LogP contribution in [0.25, 0.3) is 21.7 Å². The predicted octanol–water partition coefficient (Wildman–Crippen LogP) is 3.12. The predicted molar refractivity (Wildman–Crippen MR) is 65.4 cm³/mol. The molecule has 0 bridgehead atoms. The summed E-state index contributed by atoms with van der Waals surface area (Å²) in [5, 5.41) is 3.27. The number of pyridine rings is 1. The second kappa shape index (κ2) is 3.10. The fourth-order valence-electron chi connectivity index (χ4n) is 2.31. The minimum atomic E-state index is 0.297. The third-order valence-corrected chi connectivity index (χ3v) is 3.09. The molecule has 2 heterocycles. The molecule has 0 amide bonds. The highest BCUT2D eigenvalue weighted by Gasteiger charge is 2.18. The Hall–Kier alpha value is -2.29. The maximum Gasteiger partial charge on any atom is 0.231 e. The zero-order valence-corrected chi connectivity index (χ0v) is 9.01. The third-order valence-electron chi connectivity index (χ3n) is 3.09. The highest BCUT2D eigenvalue weighted by Crippen LogP contribution is 2.41. The van der Waals surface area contributed by atoms with Crippen molar-refractivity contribution in [1.82, 2.24) is 4.98 Å². The molecule has 0 atom stereocenters. The van der Waals surface area contributed by atoms with Gasteiger partial charge in [-0.05, 0) is 18.2 Å². The van der Waals surface area contributed by atoms with E-state index < -0.39 is 0 Å². The van der Waals surface area contributed by atoms with Crippen molar-refractivity contribution < 1.29 is 9.47 Å². The number of nitrogens with zero attached hydrogens (tertiary/aromatic N) is 1. The highest BCUT2D eigenvalue weighted by molar-refractivity contribution is 6.09. The van der Waals surface area contributed by atoms with Gasteiger partial charge in [0.2, 0.25) is 6.79 Å². The number of hydrogen-bond donors (Lipinski definition) is 0. The molecule has 17 heavy (non-hydrogen) atoms. The number of rotatable bonds is 0. The van der Waals surface area contributed by atoms with Crippen molar-refractivity contribution in [3.05, 3.63) is 42.6 Å². The smallest absolute Gasteiger partial charge is 0.231 e. The van der Waals surface area contributed by atoms with Crippen molar-refractivity contribution in [2.75, 3.05) is 6.79 Å². The lowest BCUT2D eigenvalue weighted by atomic mass is 10.1. The van der Waals surface area contributed by atoms with Gasteiger partial charge in [-0.25, -0.2) is 0 Å². The first-order valence-electron chi connectivity index (χ1n) is 5.49. The van der Waals surface area contributed by atoms with E-state index in [9.17, 15) is 0 Å². The van der Waals surface area contributed by atoms with Gasteiger partial charge in [0.15, 0.2) is 11.5 Å². The SMILES string of the molecule is c1ccc2c(c1)ncc1ccc3c(c12)OCO3. The van der Waals surface area contributed by atoms with Crippen LogP contribution in [0.15, 0.2) is 42.6 Å². The Kier molecular flexibility index (Phi) is 1.61. The van der Waals surface area contributed by atoms with E-state index in [0.717, 1.165) is 33.2 Å². The van der Waals surface area contributed by atoms with Gasteiger partial charge in [0.1, 0.15) is 0 Å². The van der Waals surface area contributed by atoms with Crippen LogP contribution in [-0.4, -0.2) is 11.8 Å². The standard InChI is InChI=1S/C14H9NO2/c1-2-4-11-10(3-1)13-9(7-15-11)5-6-12-14(13)17-8-16-12/h1-7H,8H2. The van der Waals surface area contributed by atoms with E-state index in [-0.39, 0.29) is 0 Å². The normalized spacial score (nSPS) is 13.4. The van der Waals surface area contributed by atoms with E-state index in [1.165, 1.54) is 0 Å². The van der Waals surface area contributed by atoms with Gasteiger partial charge in [0.05, 0.1) is 5.52 Å². The van der Waals surface area contributed by atoms with Crippen LogP contribution in [0.4, 0.5) is 0 Å². The van der Waals surface area contributed by atoms with Crippen LogP contribution in [0.5, 0.6) is 11.5 Å². The molecule has 0 radical (unpaired) electrons. The Balaban J connectivity index is 2.27.